The van der Waals surface area contributed by atoms with E-state index in [4.69, 9.17) is 22.0 Å². The first-order valence-corrected chi connectivity index (χ1v) is 6.48. The van der Waals surface area contributed by atoms with Crippen molar-refractivity contribution in [1.82, 2.24) is 0 Å². The van der Waals surface area contributed by atoms with Gasteiger partial charge in [0.25, 0.3) is 0 Å². The van der Waals surface area contributed by atoms with E-state index in [9.17, 15) is 4.79 Å². The largest absolute Gasteiger partial charge is 0.478 e. The van der Waals surface area contributed by atoms with Crippen LogP contribution < -0.4 is 4.90 Å². The fraction of sp³-hybridized carbons (Fsp3) is 0.429. The average Bonchev–Trinajstić information content (AvgIpc) is 2.33. The van der Waals surface area contributed by atoms with Crippen molar-refractivity contribution in [3.63, 3.8) is 0 Å². The third-order valence-corrected chi connectivity index (χ3v) is 2.94. The topological polar surface area (TPSA) is 64.3 Å². The number of carbonyl (C=O) groups is 1. The van der Waals surface area contributed by atoms with E-state index in [1.165, 1.54) is 6.07 Å². The Kier molecular flexibility index (Phi) is 5.65. The maximum absolute atomic E-state index is 10.9. The summed E-state index contributed by atoms with van der Waals surface area (Å²) in [7, 11) is 0. The molecule has 102 valence electrons. The SMILES string of the molecule is CC(C)CN(CCC#N)c1ccc(C(=O)O)c(Cl)c1. The molecule has 0 atom stereocenters. The van der Waals surface area contributed by atoms with Crippen molar-refractivity contribution in [1.29, 1.82) is 5.26 Å². The van der Waals surface area contributed by atoms with Crippen LogP contribution in [0.2, 0.25) is 5.02 Å². The Hall–Kier alpha value is -1.73. The molecule has 0 aliphatic heterocycles. The number of benzene rings is 1. The van der Waals surface area contributed by atoms with E-state index in [1.807, 2.05) is 4.90 Å². The molecule has 1 N–H and O–H groups in total. The molecule has 0 saturated carbocycles. The minimum Gasteiger partial charge on any atom is -0.478 e. The van der Waals surface area contributed by atoms with Crippen LogP contribution in [0.3, 0.4) is 0 Å². The van der Waals surface area contributed by atoms with Crippen LogP contribution in [0, 0.1) is 17.2 Å². The Bertz CT molecular complexity index is 495. The molecule has 0 heterocycles. The number of rotatable bonds is 6. The Morgan fingerprint density at radius 1 is 1.53 bits per heavy atom. The first-order valence-electron chi connectivity index (χ1n) is 6.10. The van der Waals surface area contributed by atoms with Crippen molar-refractivity contribution < 1.29 is 9.90 Å². The molecule has 0 aromatic heterocycles. The second-order valence-corrected chi connectivity index (χ2v) is 5.12. The summed E-state index contributed by atoms with van der Waals surface area (Å²) in [6.45, 7) is 5.58. The molecule has 0 unspecified atom stereocenters. The maximum Gasteiger partial charge on any atom is 0.337 e. The summed E-state index contributed by atoms with van der Waals surface area (Å²) in [6, 6.07) is 6.99. The summed E-state index contributed by atoms with van der Waals surface area (Å²) in [5.41, 5.74) is 0.939. The highest BCUT2D eigenvalue weighted by Gasteiger charge is 2.13. The highest BCUT2D eigenvalue weighted by atomic mass is 35.5. The number of aromatic carboxylic acids is 1. The van der Waals surface area contributed by atoms with E-state index < -0.39 is 5.97 Å². The molecule has 0 bridgehead atoms. The van der Waals surface area contributed by atoms with Crippen molar-refractivity contribution in [2.75, 3.05) is 18.0 Å². The number of carboxylic acid groups (broad SMARTS) is 1. The van der Waals surface area contributed by atoms with Gasteiger partial charge in [0.15, 0.2) is 0 Å². The fourth-order valence-electron chi connectivity index (χ4n) is 1.83. The Morgan fingerprint density at radius 2 is 2.21 bits per heavy atom. The Labute approximate surface area is 118 Å². The van der Waals surface area contributed by atoms with Gasteiger partial charge in [0, 0.05) is 18.8 Å². The highest BCUT2D eigenvalue weighted by Crippen LogP contribution is 2.24. The van der Waals surface area contributed by atoms with Crippen molar-refractivity contribution in [2.45, 2.75) is 20.3 Å². The maximum atomic E-state index is 10.9. The van der Waals surface area contributed by atoms with Gasteiger partial charge in [0.2, 0.25) is 0 Å². The predicted octanol–water partition coefficient (Wildman–Crippen LogP) is 3.41. The van der Waals surface area contributed by atoms with Gasteiger partial charge in [0.1, 0.15) is 0 Å². The summed E-state index contributed by atoms with van der Waals surface area (Å²) < 4.78 is 0. The lowest BCUT2D eigenvalue weighted by Gasteiger charge is -2.26. The zero-order valence-electron chi connectivity index (χ0n) is 11.1. The smallest absolute Gasteiger partial charge is 0.337 e. The second kappa shape index (κ2) is 7.01. The molecule has 1 rings (SSSR count). The van der Waals surface area contributed by atoms with Gasteiger partial charge in [-0.1, -0.05) is 25.4 Å². The van der Waals surface area contributed by atoms with Gasteiger partial charge >= 0.3 is 5.97 Å². The number of hydrogen-bond donors (Lipinski definition) is 1. The highest BCUT2D eigenvalue weighted by molar-refractivity contribution is 6.33. The van der Waals surface area contributed by atoms with E-state index in [2.05, 4.69) is 19.9 Å². The van der Waals surface area contributed by atoms with E-state index in [1.54, 1.807) is 12.1 Å². The Balaban J connectivity index is 2.99. The third kappa shape index (κ3) is 4.46. The number of halogens is 1. The molecule has 0 aliphatic carbocycles. The minimum atomic E-state index is -1.04. The van der Waals surface area contributed by atoms with Gasteiger partial charge in [0.05, 0.1) is 23.1 Å². The van der Waals surface area contributed by atoms with Crippen molar-refractivity contribution in [2.24, 2.45) is 5.92 Å². The first kappa shape index (κ1) is 15.3. The van der Waals surface area contributed by atoms with E-state index in [-0.39, 0.29) is 10.6 Å². The summed E-state index contributed by atoms with van der Waals surface area (Å²) in [5, 5.41) is 17.8. The minimum absolute atomic E-state index is 0.0928. The molecule has 1 aromatic carbocycles. The van der Waals surface area contributed by atoms with Gasteiger partial charge in [-0.25, -0.2) is 4.79 Å². The average molecular weight is 281 g/mol. The van der Waals surface area contributed by atoms with Gasteiger partial charge < -0.3 is 10.0 Å². The van der Waals surface area contributed by atoms with E-state index in [0.29, 0.717) is 18.9 Å². The lowest BCUT2D eigenvalue weighted by Crippen LogP contribution is -2.28. The second-order valence-electron chi connectivity index (χ2n) is 4.72. The van der Waals surface area contributed by atoms with Crippen LogP contribution >= 0.6 is 11.6 Å². The quantitative estimate of drug-likeness (QED) is 0.867. The molecule has 0 spiro atoms. The molecule has 0 saturated heterocycles. The summed E-state index contributed by atoms with van der Waals surface area (Å²) in [4.78, 5) is 13.0. The van der Waals surface area contributed by atoms with Crippen LogP contribution in [0.15, 0.2) is 18.2 Å². The number of nitrogens with zero attached hydrogens (tertiary/aromatic N) is 2. The molecule has 0 aliphatic rings. The van der Waals surface area contributed by atoms with Crippen LogP contribution in [0.4, 0.5) is 5.69 Å². The number of carboxylic acids is 1. The fourth-order valence-corrected chi connectivity index (χ4v) is 2.08. The van der Waals surface area contributed by atoms with Crippen LogP contribution in [0.25, 0.3) is 0 Å². The summed E-state index contributed by atoms with van der Waals surface area (Å²) >= 11 is 5.97. The molecule has 19 heavy (non-hydrogen) atoms. The third-order valence-electron chi connectivity index (χ3n) is 2.63. The molecular formula is C14H17ClN2O2. The zero-order chi connectivity index (χ0) is 14.4. The van der Waals surface area contributed by atoms with Crippen LogP contribution in [-0.4, -0.2) is 24.2 Å². The van der Waals surface area contributed by atoms with Crippen molar-refractivity contribution >= 4 is 23.3 Å². The number of nitriles is 1. The van der Waals surface area contributed by atoms with Crippen molar-refractivity contribution in [3.05, 3.63) is 28.8 Å². The van der Waals surface area contributed by atoms with Crippen LogP contribution in [-0.2, 0) is 0 Å². The standard InChI is InChI=1S/C14H17ClN2O2/c1-10(2)9-17(7-3-6-16)11-4-5-12(14(18)19)13(15)8-11/h4-5,8,10H,3,7,9H2,1-2H3,(H,18,19). The molecule has 0 radical (unpaired) electrons. The molecule has 1 aromatic rings. The number of anilines is 1. The van der Waals surface area contributed by atoms with Crippen molar-refractivity contribution in [3.8, 4) is 6.07 Å². The molecule has 0 amide bonds. The van der Waals surface area contributed by atoms with Gasteiger partial charge in [-0.2, -0.15) is 5.26 Å². The number of hydrogen-bond acceptors (Lipinski definition) is 3. The normalized spacial score (nSPS) is 10.3. The van der Waals surface area contributed by atoms with Gasteiger partial charge in [-0.15, -0.1) is 0 Å². The van der Waals surface area contributed by atoms with E-state index in [0.717, 1.165) is 12.2 Å². The molecular weight excluding hydrogens is 264 g/mol. The summed E-state index contributed by atoms with van der Waals surface area (Å²) in [5.74, 6) is -0.597. The monoisotopic (exact) mass is 280 g/mol. The molecule has 4 nitrogen and oxygen atoms in total. The lowest BCUT2D eigenvalue weighted by atomic mass is 10.1. The lowest BCUT2D eigenvalue weighted by molar-refractivity contribution is 0.0697. The first-order chi connectivity index (χ1) is 8.95. The molecule has 5 heteroatoms. The summed E-state index contributed by atoms with van der Waals surface area (Å²) in [6.07, 6.45) is 0.422. The Morgan fingerprint density at radius 3 is 2.68 bits per heavy atom. The zero-order valence-corrected chi connectivity index (χ0v) is 11.8. The van der Waals surface area contributed by atoms with Gasteiger partial charge in [-0.3, -0.25) is 0 Å². The van der Waals surface area contributed by atoms with Gasteiger partial charge in [-0.05, 0) is 24.1 Å². The molecule has 0 fully saturated rings. The van der Waals surface area contributed by atoms with E-state index >= 15 is 0 Å². The predicted molar refractivity (Wildman–Crippen MR) is 75.7 cm³/mol. The van der Waals surface area contributed by atoms with Crippen LogP contribution in [0.1, 0.15) is 30.6 Å². The van der Waals surface area contributed by atoms with Crippen LogP contribution in [0.5, 0.6) is 0 Å².